The predicted molar refractivity (Wildman–Crippen MR) is 140 cm³/mol. The summed E-state index contributed by atoms with van der Waals surface area (Å²) < 4.78 is 0. The van der Waals surface area contributed by atoms with Crippen molar-refractivity contribution >= 4 is 41.8 Å². The van der Waals surface area contributed by atoms with Crippen LogP contribution < -0.4 is 10.2 Å². The summed E-state index contributed by atoms with van der Waals surface area (Å²) in [5.74, 6) is 1.77. The lowest BCUT2D eigenvalue weighted by Crippen LogP contribution is -2.52. The number of benzene rings is 1. The highest BCUT2D eigenvalue weighted by Gasteiger charge is 2.21. The third kappa shape index (κ3) is 6.78. The minimum atomic E-state index is 0. The molecule has 0 spiro atoms. The molecule has 1 N–H and O–H groups in total. The number of nitrogens with zero attached hydrogens (tertiary/aromatic N) is 6. The van der Waals surface area contributed by atoms with Crippen LogP contribution in [0.15, 0.2) is 47.7 Å². The third-order valence-electron chi connectivity index (χ3n) is 5.41. The van der Waals surface area contributed by atoms with E-state index in [-0.39, 0.29) is 29.9 Å². The van der Waals surface area contributed by atoms with Gasteiger partial charge >= 0.3 is 0 Å². The standard InChI is InChI=1S/C23H33N7O.HI/c1-4-24-22(29-14-16-30(17-15-29)23-25-12-7-13-26-23)27-18-19-8-10-20(11-9-19)21(31)28(5-2)6-3;/h7-13H,4-6,14-18H2,1-3H3,(H,24,27);1H. The van der Waals surface area contributed by atoms with Gasteiger partial charge < -0.3 is 20.0 Å². The van der Waals surface area contributed by atoms with E-state index in [0.29, 0.717) is 6.54 Å². The van der Waals surface area contributed by atoms with Crippen LogP contribution in [0.5, 0.6) is 0 Å². The Kier molecular flexibility index (Phi) is 10.6. The van der Waals surface area contributed by atoms with Crippen LogP contribution in [0.1, 0.15) is 36.7 Å². The van der Waals surface area contributed by atoms with E-state index in [1.807, 2.05) is 49.1 Å². The maximum Gasteiger partial charge on any atom is 0.253 e. The molecule has 0 radical (unpaired) electrons. The van der Waals surface area contributed by atoms with E-state index < -0.39 is 0 Å². The molecule has 0 bridgehead atoms. The Morgan fingerprint density at radius 1 is 1.03 bits per heavy atom. The van der Waals surface area contributed by atoms with Gasteiger partial charge in [-0.25, -0.2) is 15.0 Å². The molecule has 0 atom stereocenters. The molecule has 1 aromatic heterocycles. The van der Waals surface area contributed by atoms with Crippen molar-refractivity contribution in [1.82, 2.24) is 25.1 Å². The molecule has 1 fully saturated rings. The van der Waals surface area contributed by atoms with Gasteiger partial charge in [-0.2, -0.15) is 0 Å². The zero-order valence-electron chi connectivity index (χ0n) is 19.2. The molecule has 0 aliphatic carbocycles. The summed E-state index contributed by atoms with van der Waals surface area (Å²) in [5, 5.41) is 3.40. The van der Waals surface area contributed by atoms with Gasteiger partial charge in [0.25, 0.3) is 5.91 Å². The van der Waals surface area contributed by atoms with Crippen molar-refractivity contribution in [2.75, 3.05) is 50.7 Å². The zero-order valence-corrected chi connectivity index (χ0v) is 21.5. The Morgan fingerprint density at radius 2 is 1.66 bits per heavy atom. The maximum absolute atomic E-state index is 12.5. The molecule has 174 valence electrons. The number of carbonyl (C=O) groups excluding carboxylic acids is 1. The number of halogens is 1. The molecule has 32 heavy (non-hydrogen) atoms. The van der Waals surface area contributed by atoms with E-state index in [0.717, 1.165) is 68.8 Å². The van der Waals surface area contributed by atoms with Crippen LogP contribution in [0, 0.1) is 0 Å². The first-order valence-electron chi connectivity index (χ1n) is 11.1. The van der Waals surface area contributed by atoms with Gasteiger partial charge in [-0.3, -0.25) is 4.79 Å². The highest BCUT2D eigenvalue weighted by atomic mass is 127. The Hall–Kier alpha value is -2.43. The maximum atomic E-state index is 12.5. The second-order valence-corrected chi connectivity index (χ2v) is 7.37. The Bertz CT molecular complexity index is 848. The van der Waals surface area contributed by atoms with Gasteiger partial charge in [0.2, 0.25) is 5.95 Å². The fraction of sp³-hybridized carbons (Fsp3) is 0.478. The number of anilines is 1. The smallest absolute Gasteiger partial charge is 0.253 e. The Morgan fingerprint density at radius 3 is 2.22 bits per heavy atom. The molecular formula is C23H34IN7O. The average Bonchev–Trinajstić information content (AvgIpc) is 2.83. The molecule has 1 aliphatic rings. The number of piperazine rings is 1. The average molecular weight is 551 g/mol. The van der Waals surface area contributed by atoms with E-state index in [9.17, 15) is 4.79 Å². The molecular weight excluding hydrogens is 517 g/mol. The van der Waals surface area contributed by atoms with E-state index >= 15 is 0 Å². The first kappa shape index (κ1) is 25.8. The highest BCUT2D eigenvalue weighted by molar-refractivity contribution is 14.0. The summed E-state index contributed by atoms with van der Waals surface area (Å²) in [4.78, 5) is 32.3. The highest BCUT2D eigenvalue weighted by Crippen LogP contribution is 2.12. The SMILES string of the molecule is CCNC(=NCc1ccc(C(=O)N(CC)CC)cc1)N1CCN(c2ncccn2)CC1.I. The molecule has 8 nitrogen and oxygen atoms in total. The zero-order chi connectivity index (χ0) is 22.1. The van der Waals surface area contributed by atoms with Crippen molar-refractivity contribution in [2.45, 2.75) is 27.3 Å². The van der Waals surface area contributed by atoms with Crippen molar-refractivity contribution in [3.05, 3.63) is 53.9 Å². The number of hydrogen-bond donors (Lipinski definition) is 1. The molecule has 0 saturated carbocycles. The van der Waals surface area contributed by atoms with Crippen LogP contribution in [-0.4, -0.2) is 77.4 Å². The fourth-order valence-electron chi connectivity index (χ4n) is 3.61. The summed E-state index contributed by atoms with van der Waals surface area (Å²) in [5.41, 5.74) is 1.81. The summed E-state index contributed by atoms with van der Waals surface area (Å²) in [7, 11) is 0. The molecule has 1 amide bonds. The van der Waals surface area contributed by atoms with Crippen LogP contribution in [0.4, 0.5) is 5.95 Å². The van der Waals surface area contributed by atoms with Crippen LogP contribution in [-0.2, 0) is 6.54 Å². The number of hydrogen-bond acceptors (Lipinski definition) is 5. The monoisotopic (exact) mass is 551 g/mol. The van der Waals surface area contributed by atoms with Crippen LogP contribution in [0.25, 0.3) is 0 Å². The quantitative estimate of drug-likeness (QED) is 0.324. The summed E-state index contributed by atoms with van der Waals surface area (Å²) in [6.45, 7) is 12.3. The number of amides is 1. The van der Waals surface area contributed by atoms with Gasteiger partial charge in [0.1, 0.15) is 0 Å². The largest absolute Gasteiger partial charge is 0.357 e. The molecule has 3 rings (SSSR count). The van der Waals surface area contributed by atoms with Gasteiger partial charge in [0.05, 0.1) is 6.54 Å². The molecule has 9 heteroatoms. The Labute approximate surface area is 208 Å². The van der Waals surface area contributed by atoms with Crippen LogP contribution >= 0.6 is 24.0 Å². The first-order chi connectivity index (χ1) is 15.2. The predicted octanol–water partition coefficient (Wildman–Crippen LogP) is 2.86. The second kappa shape index (κ2) is 13.2. The second-order valence-electron chi connectivity index (χ2n) is 7.37. The van der Waals surface area contributed by atoms with E-state index in [2.05, 4.69) is 32.0 Å². The third-order valence-corrected chi connectivity index (χ3v) is 5.41. The van der Waals surface area contributed by atoms with Gasteiger partial charge in [0.15, 0.2) is 5.96 Å². The first-order valence-corrected chi connectivity index (χ1v) is 11.1. The summed E-state index contributed by atoms with van der Waals surface area (Å²) in [6, 6.07) is 9.62. The van der Waals surface area contributed by atoms with Crippen LogP contribution in [0.3, 0.4) is 0 Å². The van der Waals surface area contributed by atoms with Gasteiger partial charge in [0, 0.05) is 63.8 Å². The number of nitrogens with one attached hydrogen (secondary N) is 1. The summed E-state index contributed by atoms with van der Waals surface area (Å²) >= 11 is 0. The van der Waals surface area contributed by atoms with Gasteiger partial charge in [-0.1, -0.05) is 12.1 Å². The topological polar surface area (TPSA) is 77.0 Å². The van der Waals surface area contributed by atoms with Crippen molar-refractivity contribution in [1.29, 1.82) is 0 Å². The Balaban J connectivity index is 0.00000363. The minimum absolute atomic E-state index is 0. The van der Waals surface area contributed by atoms with E-state index in [4.69, 9.17) is 4.99 Å². The molecule has 1 aromatic carbocycles. The normalized spacial score (nSPS) is 14.0. The number of carbonyl (C=O) groups is 1. The van der Waals surface area contributed by atoms with E-state index in [1.54, 1.807) is 12.4 Å². The van der Waals surface area contributed by atoms with Crippen LogP contribution in [0.2, 0.25) is 0 Å². The van der Waals surface area contributed by atoms with Gasteiger partial charge in [-0.15, -0.1) is 24.0 Å². The number of guanidine groups is 1. The van der Waals surface area contributed by atoms with Crippen molar-refractivity contribution in [2.24, 2.45) is 4.99 Å². The van der Waals surface area contributed by atoms with Crippen molar-refractivity contribution in [3.8, 4) is 0 Å². The molecule has 2 aromatic rings. The number of rotatable bonds is 7. The molecule has 1 aliphatic heterocycles. The number of aliphatic imine (C=N–C) groups is 1. The summed E-state index contributed by atoms with van der Waals surface area (Å²) in [6.07, 6.45) is 3.56. The fourth-order valence-corrected chi connectivity index (χ4v) is 3.61. The molecule has 2 heterocycles. The molecule has 1 saturated heterocycles. The molecule has 0 unspecified atom stereocenters. The minimum Gasteiger partial charge on any atom is -0.357 e. The van der Waals surface area contributed by atoms with Crippen molar-refractivity contribution in [3.63, 3.8) is 0 Å². The van der Waals surface area contributed by atoms with Crippen molar-refractivity contribution < 1.29 is 4.79 Å². The number of aromatic nitrogens is 2. The van der Waals surface area contributed by atoms with Gasteiger partial charge in [-0.05, 0) is 44.5 Å². The lowest BCUT2D eigenvalue weighted by molar-refractivity contribution is 0.0773. The van der Waals surface area contributed by atoms with E-state index in [1.165, 1.54) is 0 Å². The lowest BCUT2D eigenvalue weighted by atomic mass is 10.1. The lowest BCUT2D eigenvalue weighted by Gasteiger charge is -2.36.